The van der Waals surface area contributed by atoms with Crippen LogP contribution in [0.15, 0.2) is 78.9 Å². The molecule has 1 heterocycles. The number of hydrogen-bond donors (Lipinski definition) is 2. The van der Waals surface area contributed by atoms with Crippen molar-refractivity contribution in [2.75, 3.05) is 18.5 Å². The van der Waals surface area contributed by atoms with E-state index >= 15 is 0 Å². The molecule has 1 aliphatic heterocycles. The molecular weight excluding hydrogens is 444 g/mol. The van der Waals surface area contributed by atoms with Crippen molar-refractivity contribution in [3.63, 3.8) is 0 Å². The number of carboxylic acids is 1. The Bertz CT molecular complexity index is 1290. The first-order chi connectivity index (χ1) is 17.0. The molecule has 1 aliphatic carbocycles. The Balaban J connectivity index is 1.20. The van der Waals surface area contributed by atoms with Crippen LogP contribution in [0.5, 0.6) is 0 Å². The molecule has 2 amide bonds. The average Bonchev–Trinajstić information content (AvgIpc) is 3.14. The monoisotopic (exact) mass is 468 g/mol. The van der Waals surface area contributed by atoms with E-state index in [1.807, 2.05) is 24.3 Å². The van der Waals surface area contributed by atoms with Crippen LogP contribution in [0.2, 0.25) is 0 Å². The summed E-state index contributed by atoms with van der Waals surface area (Å²) in [4.78, 5) is 37.2. The number of carboxylic acid groups (broad SMARTS) is 1. The lowest BCUT2D eigenvalue weighted by Gasteiger charge is -2.37. The van der Waals surface area contributed by atoms with Gasteiger partial charge in [-0.1, -0.05) is 60.7 Å². The van der Waals surface area contributed by atoms with Crippen molar-refractivity contribution in [3.05, 3.63) is 95.6 Å². The Morgan fingerprint density at radius 3 is 2.29 bits per heavy atom. The number of aliphatic carboxylic acids is 1. The van der Waals surface area contributed by atoms with Crippen LogP contribution >= 0.6 is 0 Å². The first-order valence-electron chi connectivity index (χ1n) is 11.4. The summed E-state index contributed by atoms with van der Waals surface area (Å²) < 4.78 is 5.59. The van der Waals surface area contributed by atoms with Crippen molar-refractivity contribution >= 4 is 29.7 Å². The van der Waals surface area contributed by atoms with Gasteiger partial charge in [0.15, 0.2) is 0 Å². The molecular formula is C28H24N2O5. The molecule has 0 radical (unpaired) electrons. The van der Waals surface area contributed by atoms with Crippen LogP contribution in [0.1, 0.15) is 29.0 Å². The molecule has 1 unspecified atom stereocenters. The normalized spacial score (nSPS) is 16.3. The van der Waals surface area contributed by atoms with Crippen molar-refractivity contribution in [2.45, 2.75) is 18.4 Å². The quantitative estimate of drug-likeness (QED) is 0.509. The van der Waals surface area contributed by atoms with Crippen molar-refractivity contribution < 1.29 is 24.2 Å². The molecule has 0 aromatic heterocycles. The number of carbonyl (C=O) groups excluding carboxylic acids is 2. The van der Waals surface area contributed by atoms with Crippen molar-refractivity contribution in [1.82, 2.24) is 4.90 Å². The Hall–Kier alpha value is -4.39. The predicted octanol–water partition coefficient (Wildman–Crippen LogP) is 4.75. The summed E-state index contributed by atoms with van der Waals surface area (Å²) in [7, 11) is 0. The molecule has 0 spiro atoms. The van der Waals surface area contributed by atoms with E-state index in [4.69, 9.17) is 9.84 Å². The number of fused-ring (bicyclic) bond motifs is 3. The van der Waals surface area contributed by atoms with Crippen LogP contribution in [0, 0.1) is 0 Å². The van der Waals surface area contributed by atoms with Crippen molar-refractivity contribution in [1.29, 1.82) is 0 Å². The van der Waals surface area contributed by atoms with E-state index in [1.165, 1.54) is 22.1 Å². The zero-order valence-corrected chi connectivity index (χ0v) is 18.9. The van der Waals surface area contributed by atoms with Gasteiger partial charge in [0.05, 0.1) is 0 Å². The van der Waals surface area contributed by atoms with E-state index in [0.29, 0.717) is 24.2 Å². The minimum Gasteiger partial charge on any atom is -0.480 e. The van der Waals surface area contributed by atoms with Crippen LogP contribution in [-0.2, 0) is 14.3 Å². The molecule has 1 fully saturated rings. The first-order valence-corrected chi connectivity index (χ1v) is 11.4. The third-order valence-corrected chi connectivity index (χ3v) is 6.48. The van der Waals surface area contributed by atoms with E-state index in [2.05, 4.69) is 29.6 Å². The largest absolute Gasteiger partial charge is 0.480 e. The third kappa shape index (κ3) is 4.53. The summed E-state index contributed by atoms with van der Waals surface area (Å²) in [5, 5.41) is 11.8. The van der Waals surface area contributed by atoms with Crippen LogP contribution in [-0.4, -0.2) is 47.2 Å². The van der Waals surface area contributed by atoms with Crippen molar-refractivity contribution in [3.8, 4) is 11.1 Å². The van der Waals surface area contributed by atoms with Gasteiger partial charge in [-0.25, -0.2) is 9.59 Å². The lowest BCUT2D eigenvalue weighted by Crippen LogP contribution is -2.54. The SMILES string of the molecule is O=C(Nc1cccc(/C=C/C(=O)N2CCC2C(=O)O)c1)OCC1c2ccccc2-c2ccccc21. The van der Waals surface area contributed by atoms with Gasteiger partial charge in [0.2, 0.25) is 5.91 Å². The minimum atomic E-state index is -0.993. The Morgan fingerprint density at radius 2 is 1.66 bits per heavy atom. The molecule has 2 aliphatic rings. The number of likely N-dealkylation sites (tertiary alicyclic amines) is 1. The second-order valence-electron chi connectivity index (χ2n) is 8.58. The average molecular weight is 469 g/mol. The summed E-state index contributed by atoms with van der Waals surface area (Å²) in [6.07, 6.45) is 2.85. The number of benzene rings is 3. The third-order valence-electron chi connectivity index (χ3n) is 6.48. The van der Waals surface area contributed by atoms with Crippen LogP contribution < -0.4 is 5.32 Å². The van der Waals surface area contributed by atoms with E-state index in [9.17, 15) is 14.4 Å². The number of nitrogens with zero attached hydrogens (tertiary/aromatic N) is 1. The maximum atomic E-state index is 12.5. The summed E-state index contributed by atoms with van der Waals surface area (Å²) in [5.74, 6) is -1.37. The number of nitrogens with one attached hydrogen (secondary N) is 1. The highest BCUT2D eigenvalue weighted by atomic mass is 16.5. The Morgan fingerprint density at radius 1 is 0.971 bits per heavy atom. The van der Waals surface area contributed by atoms with Gasteiger partial charge in [-0.2, -0.15) is 0 Å². The Kier molecular flexibility index (Phi) is 6.06. The summed E-state index contributed by atoms with van der Waals surface area (Å²) >= 11 is 0. The molecule has 35 heavy (non-hydrogen) atoms. The fourth-order valence-electron chi connectivity index (χ4n) is 4.64. The molecule has 0 bridgehead atoms. The fraction of sp³-hybridized carbons (Fsp3) is 0.179. The number of rotatable bonds is 6. The van der Waals surface area contributed by atoms with Gasteiger partial charge in [0, 0.05) is 24.2 Å². The predicted molar refractivity (Wildman–Crippen MR) is 132 cm³/mol. The van der Waals surface area contributed by atoms with Gasteiger partial charge < -0.3 is 14.7 Å². The highest BCUT2D eigenvalue weighted by molar-refractivity contribution is 5.95. The van der Waals surface area contributed by atoms with E-state index in [1.54, 1.807) is 30.3 Å². The molecule has 1 saturated heterocycles. The van der Waals surface area contributed by atoms with Crippen LogP contribution in [0.3, 0.4) is 0 Å². The molecule has 176 valence electrons. The number of hydrogen-bond acceptors (Lipinski definition) is 4. The van der Waals surface area contributed by atoms with Gasteiger partial charge in [-0.3, -0.25) is 10.1 Å². The van der Waals surface area contributed by atoms with E-state index < -0.39 is 18.1 Å². The smallest absolute Gasteiger partial charge is 0.411 e. The van der Waals surface area contributed by atoms with Crippen LogP contribution in [0.4, 0.5) is 10.5 Å². The minimum absolute atomic E-state index is 0.0236. The lowest BCUT2D eigenvalue weighted by atomic mass is 9.98. The van der Waals surface area contributed by atoms with Gasteiger partial charge >= 0.3 is 12.1 Å². The van der Waals surface area contributed by atoms with E-state index in [-0.39, 0.29) is 18.4 Å². The summed E-state index contributed by atoms with van der Waals surface area (Å²) in [5.41, 5.74) is 5.85. The topological polar surface area (TPSA) is 95.9 Å². The van der Waals surface area contributed by atoms with Crippen molar-refractivity contribution in [2.24, 2.45) is 0 Å². The first kappa shape index (κ1) is 22.4. The highest BCUT2D eigenvalue weighted by Crippen LogP contribution is 2.44. The molecule has 3 aromatic rings. The second kappa shape index (κ2) is 9.46. The zero-order chi connectivity index (χ0) is 24.4. The molecule has 1 atom stereocenters. The molecule has 0 saturated carbocycles. The fourth-order valence-corrected chi connectivity index (χ4v) is 4.64. The molecule has 7 heteroatoms. The second-order valence-corrected chi connectivity index (χ2v) is 8.58. The number of carbonyl (C=O) groups is 3. The zero-order valence-electron chi connectivity index (χ0n) is 18.9. The molecule has 3 aromatic carbocycles. The van der Waals surface area contributed by atoms with Gasteiger partial charge in [-0.15, -0.1) is 0 Å². The maximum absolute atomic E-state index is 12.5. The Labute approximate surface area is 202 Å². The molecule has 5 rings (SSSR count). The summed E-state index contributed by atoms with van der Waals surface area (Å²) in [6, 6.07) is 22.5. The lowest BCUT2D eigenvalue weighted by molar-refractivity contribution is -0.154. The number of ether oxygens (including phenoxy) is 1. The van der Waals surface area contributed by atoms with E-state index in [0.717, 1.165) is 11.1 Å². The maximum Gasteiger partial charge on any atom is 0.411 e. The van der Waals surface area contributed by atoms with Crippen LogP contribution in [0.25, 0.3) is 17.2 Å². The standard InChI is InChI=1S/C28H24N2O5/c31-26(30-15-14-25(30)27(32)33)13-12-18-6-5-7-19(16-18)29-28(34)35-17-24-22-10-3-1-8-20(22)21-9-2-4-11-23(21)24/h1-13,16,24-25H,14-15,17H2,(H,29,34)(H,32,33)/b13-12+. The highest BCUT2D eigenvalue weighted by Gasteiger charge is 2.36. The van der Waals surface area contributed by atoms with Gasteiger partial charge in [0.25, 0.3) is 0 Å². The van der Waals surface area contributed by atoms with Gasteiger partial charge in [-0.05, 0) is 52.4 Å². The number of anilines is 1. The van der Waals surface area contributed by atoms with Gasteiger partial charge in [0.1, 0.15) is 12.6 Å². The summed E-state index contributed by atoms with van der Waals surface area (Å²) in [6.45, 7) is 0.651. The number of amides is 2. The molecule has 7 nitrogen and oxygen atoms in total. The molecule has 2 N–H and O–H groups in total.